The van der Waals surface area contributed by atoms with Crippen LogP contribution in [0, 0.1) is 0 Å². The van der Waals surface area contributed by atoms with Gasteiger partial charge in [-0.2, -0.15) is 0 Å². The minimum Gasteiger partial charge on any atom is -0.294 e. The van der Waals surface area contributed by atoms with Crippen molar-refractivity contribution < 1.29 is 4.79 Å². The molecule has 3 aromatic rings. The first-order valence-electron chi connectivity index (χ1n) is 6.13. The van der Waals surface area contributed by atoms with Crippen molar-refractivity contribution in [3.63, 3.8) is 0 Å². The number of hydrogen-bond donors (Lipinski definition) is 0. The van der Waals surface area contributed by atoms with Gasteiger partial charge in [-0.3, -0.25) is 4.79 Å². The lowest BCUT2D eigenvalue weighted by Crippen LogP contribution is -2.03. The Morgan fingerprint density at radius 1 is 1.05 bits per heavy atom. The molecule has 0 radical (unpaired) electrons. The van der Waals surface area contributed by atoms with Gasteiger partial charge in [-0.15, -0.1) is 11.3 Å². The van der Waals surface area contributed by atoms with E-state index < -0.39 is 0 Å². The van der Waals surface area contributed by atoms with Gasteiger partial charge in [0.1, 0.15) is 0 Å². The van der Waals surface area contributed by atoms with Gasteiger partial charge in [0.25, 0.3) is 0 Å². The predicted molar refractivity (Wildman–Crippen MR) is 77.6 cm³/mol. The van der Waals surface area contributed by atoms with Gasteiger partial charge >= 0.3 is 0 Å². The summed E-state index contributed by atoms with van der Waals surface area (Å²) in [5.41, 5.74) is 1.46. The molecule has 0 spiro atoms. The van der Waals surface area contributed by atoms with E-state index in [4.69, 9.17) is 0 Å². The number of carbonyl (C=O) groups is 1. The number of aromatic nitrogens is 3. The van der Waals surface area contributed by atoms with E-state index in [-0.39, 0.29) is 5.78 Å². The van der Waals surface area contributed by atoms with E-state index in [0.717, 1.165) is 10.7 Å². The fourth-order valence-corrected chi connectivity index (χ4v) is 2.56. The van der Waals surface area contributed by atoms with Crippen molar-refractivity contribution in [2.24, 2.45) is 0 Å². The number of hydrogen-bond acceptors (Lipinski definition) is 5. The molecule has 5 heteroatoms. The molecular formula is C15H11N3OS. The summed E-state index contributed by atoms with van der Waals surface area (Å²) in [5.74, 6) is 0.660. The third-order valence-electron chi connectivity index (χ3n) is 2.75. The van der Waals surface area contributed by atoms with Crippen LogP contribution in [0.2, 0.25) is 0 Å². The normalized spacial score (nSPS) is 10.4. The van der Waals surface area contributed by atoms with Crippen LogP contribution in [0.15, 0.2) is 54.2 Å². The van der Waals surface area contributed by atoms with Crippen LogP contribution < -0.4 is 0 Å². The predicted octanol–water partition coefficient (Wildman–Crippen LogP) is 3.03. The first kappa shape index (κ1) is 12.6. The number of thiazole rings is 1. The summed E-state index contributed by atoms with van der Waals surface area (Å²) >= 11 is 1.45. The Kier molecular flexibility index (Phi) is 3.60. The molecule has 3 rings (SSSR count). The van der Waals surface area contributed by atoms with Crippen molar-refractivity contribution in [2.45, 2.75) is 6.42 Å². The number of nitrogens with zero attached hydrogens (tertiary/aromatic N) is 3. The number of carbonyl (C=O) groups excluding carboxylic acids is 1. The number of benzene rings is 1. The summed E-state index contributed by atoms with van der Waals surface area (Å²) in [4.78, 5) is 24.8. The Morgan fingerprint density at radius 2 is 1.80 bits per heavy atom. The second kappa shape index (κ2) is 5.71. The number of rotatable bonds is 4. The molecule has 0 unspecified atom stereocenters. The molecule has 0 fully saturated rings. The van der Waals surface area contributed by atoms with Crippen LogP contribution in [0.25, 0.3) is 10.8 Å². The molecule has 0 amide bonds. The second-order valence-corrected chi connectivity index (χ2v) is 5.04. The molecule has 0 aliphatic carbocycles. The molecule has 0 saturated carbocycles. The van der Waals surface area contributed by atoms with Gasteiger partial charge in [-0.05, 0) is 6.07 Å². The van der Waals surface area contributed by atoms with Crippen LogP contribution in [0.4, 0.5) is 0 Å². The summed E-state index contributed by atoms with van der Waals surface area (Å²) in [6.07, 6.45) is 3.66. The van der Waals surface area contributed by atoms with Crippen molar-refractivity contribution in [3.05, 3.63) is 65.4 Å². The average Bonchev–Trinajstić information content (AvgIpc) is 2.97. The van der Waals surface area contributed by atoms with Gasteiger partial charge in [0, 0.05) is 23.3 Å². The fourth-order valence-electron chi connectivity index (χ4n) is 1.79. The maximum Gasteiger partial charge on any atom is 0.188 e. The lowest BCUT2D eigenvalue weighted by molar-refractivity contribution is 0.0992. The molecule has 98 valence electrons. The van der Waals surface area contributed by atoms with Crippen LogP contribution in [-0.4, -0.2) is 20.7 Å². The minimum atomic E-state index is 0.0661. The quantitative estimate of drug-likeness (QED) is 0.690. The van der Waals surface area contributed by atoms with E-state index in [0.29, 0.717) is 17.8 Å². The molecule has 20 heavy (non-hydrogen) atoms. The number of ketones is 1. The molecule has 1 aromatic carbocycles. The topological polar surface area (TPSA) is 55.7 Å². The van der Waals surface area contributed by atoms with Gasteiger partial charge in [0.05, 0.1) is 12.1 Å². The molecule has 0 bridgehead atoms. The fraction of sp³-hybridized carbons (Fsp3) is 0.0667. The molecule has 0 N–H and O–H groups in total. The van der Waals surface area contributed by atoms with E-state index in [1.54, 1.807) is 18.5 Å². The van der Waals surface area contributed by atoms with E-state index in [1.807, 2.05) is 35.7 Å². The summed E-state index contributed by atoms with van der Waals surface area (Å²) < 4.78 is 0. The van der Waals surface area contributed by atoms with Crippen LogP contribution in [0.1, 0.15) is 16.1 Å². The van der Waals surface area contributed by atoms with Gasteiger partial charge in [0.2, 0.25) is 0 Å². The summed E-state index contributed by atoms with van der Waals surface area (Å²) in [6.45, 7) is 0. The molecule has 2 heterocycles. The third-order valence-corrected chi connectivity index (χ3v) is 3.63. The highest BCUT2D eigenvalue weighted by molar-refractivity contribution is 7.13. The van der Waals surface area contributed by atoms with Crippen molar-refractivity contribution in [1.29, 1.82) is 0 Å². The van der Waals surface area contributed by atoms with Crippen LogP contribution in [-0.2, 0) is 6.42 Å². The van der Waals surface area contributed by atoms with Crippen molar-refractivity contribution in [3.8, 4) is 10.8 Å². The van der Waals surface area contributed by atoms with Crippen molar-refractivity contribution in [2.75, 3.05) is 0 Å². The Hall–Kier alpha value is -2.40. The lowest BCUT2D eigenvalue weighted by Gasteiger charge is -1.97. The zero-order valence-electron chi connectivity index (χ0n) is 10.6. The third kappa shape index (κ3) is 2.78. The molecule has 0 saturated heterocycles. The van der Waals surface area contributed by atoms with Crippen LogP contribution in [0.3, 0.4) is 0 Å². The monoisotopic (exact) mass is 281 g/mol. The molecule has 2 aromatic heterocycles. The smallest absolute Gasteiger partial charge is 0.188 e. The molecule has 0 aliphatic heterocycles. The van der Waals surface area contributed by atoms with E-state index in [1.165, 1.54) is 11.3 Å². The highest BCUT2D eigenvalue weighted by atomic mass is 32.1. The van der Waals surface area contributed by atoms with Gasteiger partial charge in [-0.1, -0.05) is 30.3 Å². The second-order valence-electron chi connectivity index (χ2n) is 4.18. The van der Waals surface area contributed by atoms with Crippen LogP contribution in [0.5, 0.6) is 0 Å². The highest BCUT2D eigenvalue weighted by Crippen LogP contribution is 2.20. The Morgan fingerprint density at radius 3 is 2.55 bits per heavy atom. The summed E-state index contributed by atoms with van der Waals surface area (Å²) in [7, 11) is 0. The summed E-state index contributed by atoms with van der Waals surface area (Å²) in [6, 6.07) is 11.0. The standard InChI is InChI=1S/C15H11N3OS/c19-13(11-5-2-1-3-6-11)9-12-10-20-15(18-12)14-16-7-4-8-17-14/h1-8,10H,9H2. The SMILES string of the molecule is O=C(Cc1csc(-c2ncccn2)n1)c1ccccc1. The zero-order chi connectivity index (χ0) is 13.8. The maximum atomic E-state index is 12.1. The molecular weight excluding hydrogens is 270 g/mol. The van der Waals surface area contributed by atoms with Gasteiger partial charge < -0.3 is 0 Å². The highest BCUT2D eigenvalue weighted by Gasteiger charge is 2.11. The van der Waals surface area contributed by atoms with Gasteiger partial charge in [-0.25, -0.2) is 15.0 Å². The van der Waals surface area contributed by atoms with E-state index in [9.17, 15) is 4.79 Å². The zero-order valence-corrected chi connectivity index (χ0v) is 11.4. The number of Topliss-reactive ketones (excluding diaryl/α,β-unsaturated/α-hetero) is 1. The largest absolute Gasteiger partial charge is 0.294 e. The minimum absolute atomic E-state index is 0.0661. The first-order valence-corrected chi connectivity index (χ1v) is 7.01. The van der Waals surface area contributed by atoms with Crippen molar-refractivity contribution in [1.82, 2.24) is 15.0 Å². The van der Waals surface area contributed by atoms with Crippen molar-refractivity contribution >= 4 is 17.1 Å². The molecule has 0 aliphatic rings. The van der Waals surface area contributed by atoms with E-state index >= 15 is 0 Å². The molecule has 0 atom stereocenters. The van der Waals surface area contributed by atoms with E-state index in [2.05, 4.69) is 15.0 Å². The van der Waals surface area contributed by atoms with Crippen LogP contribution >= 0.6 is 11.3 Å². The average molecular weight is 281 g/mol. The molecule has 4 nitrogen and oxygen atoms in total. The maximum absolute atomic E-state index is 12.1. The summed E-state index contributed by atoms with van der Waals surface area (Å²) in [5, 5.41) is 2.62. The Bertz CT molecular complexity index is 710. The lowest BCUT2D eigenvalue weighted by atomic mass is 10.1. The first-order chi connectivity index (χ1) is 9.83. The Balaban J connectivity index is 1.77. The van der Waals surface area contributed by atoms with Gasteiger partial charge in [0.15, 0.2) is 16.6 Å². The Labute approximate surface area is 120 Å².